The third-order valence-corrected chi connectivity index (χ3v) is 4.46. The molecule has 0 fully saturated rings. The van der Waals surface area contributed by atoms with Crippen LogP contribution in [0.25, 0.3) is 11.1 Å². The number of hydrogen-bond acceptors (Lipinski definition) is 2. The second-order valence-corrected chi connectivity index (χ2v) is 6.73. The first-order valence-electron chi connectivity index (χ1n) is 9.09. The van der Waals surface area contributed by atoms with Crippen LogP contribution in [0.1, 0.15) is 33.6 Å². The molecule has 0 saturated carbocycles. The molecule has 1 amide bonds. The van der Waals surface area contributed by atoms with E-state index in [1.54, 1.807) is 18.3 Å². The van der Waals surface area contributed by atoms with E-state index >= 15 is 0 Å². The lowest BCUT2D eigenvalue weighted by Crippen LogP contribution is -2.24. The number of halogens is 1. The van der Waals surface area contributed by atoms with Gasteiger partial charge in [-0.05, 0) is 62.1 Å². The van der Waals surface area contributed by atoms with Crippen LogP contribution >= 0.6 is 0 Å². The molecule has 3 rings (SSSR count). The van der Waals surface area contributed by atoms with Gasteiger partial charge in [-0.3, -0.25) is 9.78 Å². The number of rotatable bonds is 6. The van der Waals surface area contributed by atoms with Crippen LogP contribution in [0.15, 0.2) is 60.8 Å². The first-order chi connectivity index (χ1) is 13.0. The Morgan fingerprint density at radius 3 is 2.70 bits per heavy atom. The summed E-state index contributed by atoms with van der Waals surface area (Å²) in [5.41, 5.74) is 5.11. The number of amides is 1. The van der Waals surface area contributed by atoms with Crippen LogP contribution in [0, 0.1) is 19.7 Å². The molecule has 138 valence electrons. The Morgan fingerprint density at radius 1 is 1.07 bits per heavy atom. The number of carbonyl (C=O) groups is 1. The zero-order chi connectivity index (χ0) is 19.2. The third-order valence-electron chi connectivity index (χ3n) is 4.46. The molecular weight excluding hydrogens is 339 g/mol. The van der Waals surface area contributed by atoms with Crippen LogP contribution in [-0.2, 0) is 6.42 Å². The highest BCUT2D eigenvalue weighted by Gasteiger charge is 2.07. The van der Waals surface area contributed by atoms with Crippen molar-refractivity contribution in [2.24, 2.45) is 0 Å². The summed E-state index contributed by atoms with van der Waals surface area (Å²) in [5.74, 6) is -0.324. The number of nitrogens with one attached hydrogen (secondary N) is 1. The zero-order valence-electron chi connectivity index (χ0n) is 15.6. The molecule has 3 nitrogen and oxygen atoms in total. The van der Waals surface area contributed by atoms with Gasteiger partial charge in [-0.1, -0.05) is 35.9 Å². The summed E-state index contributed by atoms with van der Waals surface area (Å²) in [6, 6.07) is 16.7. The first kappa shape index (κ1) is 18.8. The molecule has 0 aliphatic rings. The maximum atomic E-state index is 14.1. The normalized spacial score (nSPS) is 10.6. The molecule has 0 aliphatic heterocycles. The molecule has 0 saturated heterocycles. The summed E-state index contributed by atoms with van der Waals surface area (Å²) in [6.07, 6.45) is 3.21. The second-order valence-electron chi connectivity index (χ2n) is 6.73. The zero-order valence-corrected chi connectivity index (χ0v) is 15.6. The fraction of sp³-hybridized carbons (Fsp3) is 0.217. The highest BCUT2D eigenvalue weighted by Crippen LogP contribution is 2.25. The lowest BCUT2D eigenvalue weighted by atomic mass is 9.99. The van der Waals surface area contributed by atoms with Crippen LogP contribution in [0.3, 0.4) is 0 Å². The molecule has 0 bridgehead atoms. The largest absolute Gasteiger partial charge is 0.352 e. The van der Waals surface area contributed by atoms with Crippen molar-refractivity contribution in [3.05, 3.63) is 89.0 Å². The van der Waals surface area contributed by atoms with E-state index in [0.29, 0.717) is 17.7 Å². The Morgan fingerprint density at radius 2 is 1.93 bits per heavy atom. The van der Waals surface area contributed by atoms with E-state index in [4.69, 9.17) is 0 Å². The molecule has 0 radical (unpaired) electrons. The SMILES string of the molecule is Cc1ccc(F)c(-c2cccc(CCCNC(=O)c3ccc(C)nc3)c2)c1. The quantitative estimate of drug-likeness (QED) is 0.636. The fourth-order valence-corrected chi connectivity index (χ4v) is 2.95. The Labute approximate surface area is 159 Å². The van der Waals surface area contributed by atoms with Gasteiger partial charge in [0.1, 0.15) is 5.82 Å². The number of aromatic nitrogens is 1. The van der Waals surface area contributed by atoms with Gasteiger partial charge in [-0.25, -0.2) is 4.39 Å². The van der Waals surface area contributed by atoms with Crippen LogP contribution in [-0.4, -0.2) is 17.4 Å². The fourth-order valence-electron chi connectivity index (χ4n) is 2.95. The van der Waals surface area contributed by atoms with Crippen LogP contribution < -0.4 is 5.32 Å². The van der Waals surface area contributed by atoms with Crippen molar-refractivity contribution in [2.75, 3.05) is 6.54 Å². The van der Waals surface area contributed by atoms with Gasteiger partial charge >= 0.3 is 0 Å². The van der Waals surface area contributed by atoms with Gasteiger partial charge < -0.3 is 5.32 Å². The molecular formula is C23H23FN2O. The summed E-state index contributed by atoms with van der Waals surface area (Å²) in [6.45, 7) is 4.42. The van der Waals surface area contributed by atoms with Crippen molar-refractivity contribution in [2.45, 2.75) is 26.7 Å². The Bertz CT molecular complexity index is 935. The van der Waals surface area contributed by atoms with Crippen molar-refractivity contribution in [3.63, 3.8) is 0 Å². The van der Waals surface area contributed by atoms with Crippen LogP contribution in [0.4, 0.5) is 4.39 Å². The van der Waals surface area contributed by atoms with Gasteiger partial charge in [-0.2, -0.15) is 0 Å². The molecule has 1 heterocycles. The van der Waals surface area contributed by atoms with Gasteiger partial charge in [0.25, 0.3) is 5.91 Å². The molecule has 4 heteroatoms. The summed E-state index contributed by atoms with van der Waals surface area (Å²) < 4.78 is 14.1. The van der Waals surface area contributed by atoms with Gasteiger partial charge in [0.15, 0.2) is 0 Å². The number of nitrogens with zero attached hydrogens (tertiary/aromatic N) is 1. The lowest BCUT2D eigenvalue weighted by molar-refractivity contribution is 0.0953. The summed E-state index contributed by atoms with van der Waals surface area (Å²) in [7, 11) is 0. The number of pyridine rings is 1. The van der Waals surface area contributed by atoms with Gasteiger partial charge in [0, 0.05) is 24.0 Å². The van der Waals surface area contributed by atoms with Crippen LogP contribution in [0.2, 0.25) is 0 Å². The molecule has 1 N–H and O–H groups in total. The predicted molar refractivity (Wildman–Crippen MR) is 106 cm³/mol. The van der Waals surface area contributed by atoms with E-state index in [0.717, 1.165) is 35.2 Å². The summed E-state index contributed by atoms with van der Waals surface area (Å²) in [4.78, 5) is 16.2. The molecule has 0 atom stereocenters. The van der Waals surface area contributed by atoms with E-state index in [1.807, 2.05) is 50.2 Å². The third kappa shape index (κ3) is 5.00. The lowest BCUT2D eigenvalue weighted by Gasteiger charge is -2.09. The summed E-state index contributed by atoms with van der Waals surface area (Å²) >= 11 is 0. The van der Waals surface area contributed by atoms with Crippen molar-refractivity contribution >= 4 is 5.91 Å². The van der Waals surface area contributed by atoms with E-state index in [9.17, 15) is 9.18 Å². The van der Waals surface area contributed by atoms with Gasteiger partial charge in [0.2, 0.25) is 0 Å². The average Bonchev–Trinajstić information content (AvgIpc) is 2.68. The minimum atomic E-state index is -0.211. The highest BCUT2D eigenvalue weighted by atomic mass is 19.1. The number of aryl methyl sites for hydroxylation is 3. The molecule has 2 aromatic carbocycles. The first-order valence-corrected chi connectivity index (χ1v) is 9.09. The van der Waals surface area contributed by atoms with Crippen molar-refractivity contribution in [1.29, 1.82) is 0 Å². The van der Waals surface area contributed by atoms with E-state index in [-0.39, 0.29) is 11.7 Å². The Balaban J connectivity index is 1.56. The number of carbonyl (C=O) groups excluding carboxylic acids is 1. The molecule has 0 unspecified atom stereocenters. The van der Waals surface area contributed by atoms with E-state index < -0.39 is 0 Å². The maximum Gasteiger partial charge on any atom is 0.252 e. The predicted octanol–water partition coefficient (Wildman–Crippen LogP) is 4.87. The molecule has 3 aromatic rings. The highest BCUT2D eigenvalue weighted by molar-refractivity contribution is 5.93. The van der Waals surface area contributed by atoms with Crippen molar-refractivity contribution in [3.8, 4) is 11.1 Å². The smallest absolute Gasteiger partial charge is 0.252 e. The van der Waals surface area contributed by atoms with Gasteiger partial charge in [-0.15, -0.1) is 0 Å². The van der Waals surface area contributed by atoms with Gasteiger partial charge in [0.05, 0.1) is 5.56 Å². The molecule has 27 heavy (non-hydrogen) atoms. The standard InChI is InChI=1S/C23H23FN2O/c1-16-8-11-22(24)21(13-16)19-7-3-5-18(14-19)6-4-12-25-23(27)20-10-9-17(2)26-15-20/h3,5,7-11,13-15H,4,6,12H2,1-2H3,(H,25,27). The number of hydrogen-bond donors (Lipinski definition) is 1. The Kier molecular flexibility index (Phi) is 5.97. The van der Waals surface area contributed by atoms with E-state index in [1.165, 1.54) is 6.07 Å². The minimum absolute atomic E-state index is 0.113. The molecule has 0 aliphatic carbocycles. The topological polar surface area (TPSA) is 42.0 Å². The van der Waals surface area contributed by atoms with Crippen molar-refractivity contribution in [1.82, 2.24) is 10.3 Å². The second kappa shape index (κ2) is 8.58. The average molecular weight is 362 g/mol. The molecule has 1 aromatic heterocycles. The van der Waals surface area contributed by atoms with Crippen LogP contribution in [0.5, 0.6) is 0 Å². The maximum absolute atomic E-state index is 14.1. The Hall–Kier alpha value is -3.01. The number of benzene rings is 2. The molecule has 0 spiro atoms. The summed E-state index contributed by atoms with van der Waals surface area (Å²) in [5, 5.41) is 2.91. The van der Waals surface area contributed by atoms with Crippen molar-refractivity contribution < 1.29 is 9.18 Å². The monoisotopic (exact) mass is 362 g/mol. The van der Waals surface area contributed by atoms with E-state index in [2.05, 4.69) is 10.3 Å². The minimum Gasteiger partial charge on any atom is -0.352 e.